The summed E-state index contributed by atoms with van der Waals surface area (Å²) in [7, 11) is 0. The molecule has 6 nitrogen and oxygen atoms in total. The lowest BCUT2D eigenvalue weighted by molar-refractivity contribution is 0.668. The summed E-state index contributed by atoms with van der Waals surface area (Å²) in [5.41, 5.74) is 7.68. The van der Waals surface area contributed by atoms with Gasteiger partial charge in [0.15, 0.2) is 11.2 Å². The quantitative estimate of drug-likeness (QED) is 0.167. The highest BCUT2D eigenvalue weighted by molar-refractivity contribution is 6.29. The van der Waals surface area contributed by atoms with Crippen LogP contribution in [0, 0.1) is 0 Å². The van der Waals surface area contributed by atoms with Gasteiger partial charge in [0.1, 0.15) is 11.2 Å². The molecule has 334 valence electrons. The zero-order valence-corrected chi connectivity index (χ0v) is 37.5. The standard InChI is InChI=1S/C66H38N4O2/c1-3-15-39(16-4-1)67(55-27-13-25-51-45-19-7-9-29-61(45)71-65(51)55)41-31-33-43-47-21-11-23-49-53-38-60-54(37-59(53)69(63(47)49)57(43)35-41)50-24-12-22-48-44-34-32-42(36-58(44)70(60)64(48)50)68(40-17-5-2-6-18-40)56-28-14-26-52-46-20-8-10-30-62(46)72-66(52)56/h1-38H/i7D,8D,9D,10D,13D,14D,19D,20D,25D,26D,27D,28D,29D,30D. The van der Waals surface area contributed by atoms with Crippen molar-refractivity contribution < 1.29 is 28.0 Å². The molecule has 0 aliphatic rings. The predicted molar refractivity (Wildman–Crippen MR) is 300 cm³/mol. The maximum Gasteiger partial charge on any atom is 0.159 e. The molecule has 6 aromatic heterocycles. The van der Waals surface area contributed by atoms with Crippen molar-refractivity contribution >= 4 is 154 Å². The van der Waals surface area contributed by atoms with E-state index in [1.165, 1.54) is 0 Å². The van der Waals surface area contributed by atoms with Crippen molar-refractivity contribution in [2.75, 3.05) is 9.80 Å². The van der Waals surface area contributed by atoms with Gasteiger partial charge < -0.3 is 27.4 Å². The lowest BCUT2D eigenvalue weighted by atomic mass is 10.0. The number of nitrogens with zero attached hydrogens (tertiary/aromatic N) is 4. The molecule has 0 bridgehead atoms. The Balaban J connectivity index is 0.914. The van der Waals surface area contributed by atoms with Gasteiger partial charge in [0, 0.05) is 87.4 Å². The van der Waals surface area contributed by atoms with Crippen molar-refractivity contribution in [3.63, 3.8) is 0 Å². The molecule has 72 heavy (non-hydrogen) atoms. The summed E-state index contributed by atoms with van der Waals surface area (Å²) in [5, 5.41) is 7.84. The summed E-state index contributed by atoms with van der Waals surface area (Å²) < 4.78 is 142. The number of rotatable bonds is 6. The molecule has 0 unspecified atom stereocenters. The molecule has 0 saturated carbocycles. The Labute approximate surface area is 429 Å². The first kappa shape index (κ1) is 27.4. The number of anilines is 6. The van der Waals surface area contributed by atoms with Crippen molar-refractivity contribution in [2.24, 2.45) is 0 Å². The summed E-state index contributed by atoms with van der Waals surface area (Å²) in [4.78, 5) is 3.58. The third-order valence-corrected chi connectivity index (χ3v) is 14.5. The van der Waals surface area contributed by atoms with Crippen LogP contribution in [0.3, 0.4) is 0 Å². The van der Waals surface area contributed by atoms with E-state index in [4.69, 9.17) is 25.3 Å². The molecule has 0 N–H and O–H groups in total. The fourth-order valence-corrected chi connectivity index (χ4v) is 11.6. The second-order valence-electron chi connectivity index (χ2n) is 18.2. The number of benzene rings is 11. The maximum absolute atomic E-state index is 9.53. The van der Waals surface area contributed by atoms with Gasteiger partial charge in [-0.05, 0) is 84.8 Å². The highest BCUT2D eigenvalue weighted by Crippen LogP contribution is 2.49. The van der Waals surface area contributed by atoms with Crippen LogP contribution in [0.1, 0.15) is 19.2 Å². The third kappa shape index (κ3) is 4.97. The monoisotopic (exact) mass is 932 g/mol. The van der Waals surface area contributed by atoms with Crippen molar-refractivity contribution in [1.29, 1.82) is 0 Å². The van der Waals surface area contributed by atoms with E-state index in [1.54, 1.807) is 9.80 Å². The molecule has 0 aliphatic carbocycles. The zero-order valence-electron chi connectivity index (χ0n) is 51.5. The topological polar surface area (TPSA) is 41.6 Å². The highest BCUT2D eigenvalue weighted by atomic mass is 16.3. The molecular formula is C66H38N4O2. The number of furan rings is 2. The number of fused-ring (bicyclic) bond motifs is 18. The smallest absolute Gasteiger partial charge is 0.159 e. The molecule has 0 saturated heterocycles. The molecule has 11 aromatic carbocycles. The van der Waals surface area contributed by atoms with E-state index in [2.05, 4.69) is 45.2 Å². The Bertz CT molecular complexity index is 5560. The number of aromatic nitrogens is 2. The molecule has 6 heteroatoms. The average molecular weight is 933 g/mol. The largest absolute Gasteiger partial charge is 0.454 e. The van der Waals surface area contributed by atoms with E-state index in [0.717, 1.165) is 76.2 Å². The van der Waals surface area contributed by atoms with Crippen LogP contribution in [0.25, 0.3) is 120 Å². The molecular weight excluding hydrogens is 881 g/mol. The van der Waals surface area contributed by atoms with Crippen LogP contribution in [0.2, 0.25) is 0 Å². The first-order valence-electron chi connectivity index (χ1n) is 30.4. The van der Waals surface area contributed by atoms with Crippen LogP contribution in [0.4, 0.5) is 34.1 Å². The lowest BCUT2D eigenvalue weighted by Crippen LogP contribution is -2.10. The molecule has 0 aliphatic heterocycles. The van der Waals surface area contributed by atoms with Crippen LogP contribution in [-0.2, 0) is 0 Å². The summed E-state index contributed by atoms with van der Waals surface area (Å²) in [6.07, 6.45) is 0. The predicted octanol–water partition coefficient (Wildman–Crippen LogP) is 18.7. The van der Waals surface area contributed by atoms with E-state index < -0.39 is 60.4 Å². The van der Waals surface area contributed by atoms with Gasteiger partial charge in [0.2, 0.25) is 0 Å². The van der Waals surface area contributed by atoms with E-state index in [9.17, 15) is 2.74 Å². The average Bonchev–Trinajstić information content (AvgIpc) is 1.59. The van der Waals surface area contributed by atoms with Gasteiger partial charge in [-0.25, -0.2) is 0 Å². The van der Waals surface area contributed by atoms with E-state index >= 15 is 0 Å². The Morgan fingerprint density at radius 1 is 0.306 bits per heavy atom. The van der Waals surface area contributed by atoms with Gasteiger partial charge in [0.25, 0.3) is 0 Å². The Kier molecular flexibility index (Phi) is 5.31. The van der Waals surface area contributed by atoms with Crippen LogP contribution in [0.5, 0.6) is 0 Å². The number of hydrogen-bond donors (Lipinski definition) is 0. The van der Waals surface area contributed by atoms with Crippen LogP contribution in [-0.4, -0.2) is 8.80 Å². The first-order chi connectivity index (χ1) is 41.5. The second kappa shape index (κ2) is 13.9. The van der Waals surface area contributed by atoms with Gasteiger partial charge in [-0.2, -0.15) is 0 Å². The fourth-order valence-electron chi connectivity index (χ4n) is 11.6. The van der Waals surface area contributed by atoms with Gasteiger partial charge in [-0.3, -0.25) is 0 Å². The minimum atomic E-state index is -0.502. The van der Waals surface area contributed by atoms with Gasteiger partial charge in [-0.1, -0.05) is 145 Å². The van der Waals surface area contributed by atoms with E-state index in [0.29, 0.717) is 22.7 Å². The summed E-state index contributed by atoms with van der Waals surface area (Å²) in [6.45, 7) is 0. The molecule has 17 rings (SSSR count). The maximum atomic E-state index is 9.53. The number of para-hydroxylation sites is 8. The molecule has 0 spiro atoms. The zero-order chi connectivity index (χ0) is 58.9. The Morgan fingerprint density at radius 3 is 1.17 bits per heavy atom. The van der Waals surface area contributed by atoms with Gasteiger partial charge in [-0.15, -0.1) is 0 Å². The minimum absolute atomic E-state index is 0.0117. The third-order valence-electron chi connectivity index (χ3n) is 14.5. The number of hydrogen-bond acceptors (Lipinski definition) is 4. The summed E-state index contributed by atoms with van der Waals surface area (Å²) in [6, 6.07) is 41.6. The van der Waals surface area contributed by atoms with E-state index in [-0.39, 0.29) is 79.4 Å². The van der Waals surface area contributed by atoms with Crippen molar-refractivity contribution in [2.45, 2.75) is 0 Å². The molecule has 0 amide bonds. The first-order valence-corrected chi connectivity index (χ1v) is 23.4. The molecule has 0 fully saturated rings. The van der Waals surface area contributed by atoms with Crippen molar-refractivity contribution in [1.82, 2.24) is 8.80 Å². The molecule has 0 atom stereocenters. The second-order valence-corrected chi connectivity index (χ2v) is 18.2. The molecule has 6 heterocycles. The van der Waals surface area contributed by atoms with Crippen molar-refractivity contribution in [3.8, 4) is 0 Å². The SMILES string of the molecule is [2H]c1c([2H])c([2H])c2c(oc3c(N(c4ccccc4)c4ccc5c6cccc7c8cc9c(cc8n(c5c4)c67)c4cccc5c6ccc(N(c7ccccc7)c7c([2H])c([2H])c([2H])c8c7oc7c([2H])c([2H])c([2H])c([2H])c78)cc6n9c54)c([2H])c([2H])c([2H])c32)c1[2H]. The van der Waals surface area contributed by atoms with Gasteiger partial charge >= 0.3 is 0 Å². The van der Waals surface area contributed by atoms with Gasteiger partial charge in [0.05, 0.1) is 63.7 Å². The Hall–Kier alpha value is -9.78. The van der Waals surface area contributed by atoms with Crippen LogP contribution < -0.4 is 9.80 Å². The fraction of sp³-hybridized carbons (Fsp3) is 0. The molecule has 0 radical (unpaired) electrons. The summed E-state index contributed by atoms with van der Waals surface area (Å²) >= 11 is 0. The molecule has 17 aromatic rings. The van der Waals surface area contributed by atoms with E-state index in [1.807, 2.05) is 109 Å². The van der Waals surface area contributed by atoms with Crippen LogP contribution in [0.15, 0.2) is 239 Å². The normalized spacial score (nSPS) is 15.2. The Morgan fingerprint density at radius 2 is 0.708 bits per heavy atom. The van der Waals surface area contributed by atoms with Crippen LogP contribution >= 0.6 is 0 Å². The lowest BCUT2D eigenvalue weighted by Gasteiger charge is -2.25. The minimum Gasteiger partial charge on any atom is -0.454 e. The highest BCUT2D eigenvalue weighted by Gasteiger charge is 2.26. The summed E-state index contributed by atoms with van der Waals surface area (Å²) in [5.74, 6) is 0. The van der Waals surface area contributed by atoms with Crippen molar-refractivity contribution in [3.05, 3.63) is 230 Å².